The molecule has 0 bridgehead atoms. The molecule has 1 aromatic carbocycles. The van der Waals surface area contributed by atoms with Crippen LogP contribution in [0.3, 0.4) is 0 Å². The molecule has 1 fully saturated rings. The monoisotopic (exact) mass is 485 g/mol. The second kappa shape index (κ2) is 9.78. The molecule has 0 radical (unpaired) electrons. The minimum atomic E-state index is -0.609. The van der Waals surface area contributed by atoms with Crippen LogP contribution < -0.4 is 4.74 Å². The maximum absolute atomic E-state index is 13.0. The summed E-state index contributed by atoms with van der Waals surface area (Å²) in [6.07, 6.45) is 8.36. The van der Waals surface area contributed by atoms with Crippen LogP contribution in [0, 0.1) is 0 Å². The second-order valence-electron chi connectivity index (χ2n) is 6.97. The van der Waals surface area contributed by atoms with Crippen molar-refractivity contribution in [3.8, 4) is 5.75 Å². The smallest absolute Gasteiger partial charge is 0.295 e. The lowest BCUT2D eigenvalue weighted by atomic mass is 10.1. The summed E-state index contributed by atoms with van der Waals surface area (Å²) in [5.74, 6) is -0.834. The molecule has 3 rings (SSSR count). The third kappa shape index (κ3) is 4.49. The summed E-state index contributed by atoms with van der Waals surface area (Å²) in [5, 5.41) is 0.564. The first-order chi connectivity index (χ1) is 14.9. The molecule has 2 amide bonds. The normalized spacial score (nSPS) is 14.9. The number of aromatic nitrogens is 1. The average Bonchev–Trinajstić information content (AvgIpc) is 3.25. The SMILES string of the molecule is C=C/C(=C\C=C/C)C(=O)N1CCN(C(=O)C(=O)c2c[nH]c3c(Br)ccc(OC)c23)CC1. The number of amides is 2. The van der Waals surface area contributed by atoms with Gasteiger partial charge in [0.05, 0.1) is 23.6 Å². The Morgan fingerprint density at radius 3 is 2.35 bits per heavy atom. The van der Waals surface area contributed by atoms with Gasteiger partial charge in [-0.3, -0.25) is 14.4 Å². The quantitative estimate of drug-likeness (QED) is 0.294. The standard InChI is InChI=1S/C23H24BrN3O4/c1-4-6-7-15(5-2)22(29)26-10-12-27(13-11-26)23(30)21(28)16-14-25-20-17(24)8-9-18(31-3)19(16)20/h4-9,14,25H,2,10-13H2,1,3H3/b6-4-,15-7+. The Labute approximate surface area is 189 Å². The van der Waals surface area contributed by atoms with E-state index >= 15 is 0 Å². The molecule has 7 nitrogen and oxygen atoms in total. The number of H-pyrrole nitrogens is 1. The van der Waals surface area contributed by atoms with E-state index < -0.39 is 11.7 Å². The van der Waals surface area contributed by atoms with Gasteiger partial charge < -0.3 is 19.5 Å². The number of benzene rings is 1. The van der Waals surface area contributed by atoms with Crippen molar-refractivity contribution >= 4 is 44.4 Å². The van der Waals surface area contributed by atoms with Crippen LogP contribution in [0.1, 0.15) is 17.3 Å². The van der Waals surface area contributed by atoms with Gasteiger partial charge in [0.15, 0.2) is 0 Å². The topological polar surface area (TPSA) is 82.7 Å². The molecule has 0 saturated carbocycles. The van der Waals surface area contributed by atoms with E-state index in [2.05, 4.69) is 27.5 Å². The number of ketones is 1. The maximum Gasteiger partial charge on any atom is 0.295 e. The third-order valence-corrected chi connectivity index (χ3v) is 5.86. The number of ether oxygens (including phenoxy) is 1. The van der Waals surface area contributed by atoms with Gasteiger partial charge in [0.1, 0.15) is 5.75 Å². The van der Waals surface area contributed by atoms with E-state index in [0.29, 0.717) is 35.3 Å². The second-order valence-corrected chi connectivity index (χ2v) is 7.82. The highest BCUT2D eigenvalue weighted by molar-refractivity contribution is 9.10. The summed E-state index contributed by atoms with van der Waals surface area (Å²) < 4.78 is 6.15. The zero-order valence-corrected chi connectivity index (χ0v) is 19.1. The van der Waals surface area contributed by atoms with Crippen molar-refractivity contribution < 1.29 is 19.1 Å². The van der Waals surface area contributed by atoms with E-state index in [-0.39, 0.29) is 24.6 Å². The highest BCUT2D eigenvalue weighted by atomic mass is 79.9. The van der Waals surface area contributed by atoms with Gasteiger partial charge in [-0.15, -0.1) is 0 Å². The molecule has 0 unspecified atom stereocenters. The van der Waals surface area contributed by atoms with Crippen LogP contribution in [0.25, 0.3) is 10.9 Å². The molecule has 162 valence electrons. The van der Waals surface area contributed by atoms with E-state index in [1.165, 1.54) is 24.3 Å². The number of nitrogens with zero attached hydrogens (tertiary/aromatic N) is 2. The molecule has 0 spiro atoms. The largest absolute Gasteiger partial charge is 0.496 e. The first kappa shape index (κ1) is 22.6. The Kier molecular flexibility index (Phi) is 7.12. The highest BCUT2D eigenvalue weighted by Gasteiger charge is 2.31. The summed E-state index contributed by atoms with van der Waals surface area (Å²) in [4.78, 5) is 44.7. The molecule has 2 aromatic rings. The van der Waals surface area contributed by atoms with Gasteiger partial charge in [-0.25, -0.2) is 0 Å². The summed E-state index contributed by atoms with van der Waals surface area (Å²) >= 11 is 3.44. The van der Waals surface area contributed by atoms with Gasteiger partial charge >= 0.3 is 0 Å². The summed E-state index contributed by atoms with van der Waals surface area (Å²) in [6, 6.07) is 3.55. The third-order valence-electron chi connectivity index (χ3n) is 5.19. The lowest BCUT2D eigenvalue weighted by Crippen LogP contribution is -2.52. The molecule has 31 heavy (non-hydrogen) atoms. The molecule has 1 aliphatic rings. The molecule has 0 aliphatic carbocycles. The molecule has 0 atom stereocenters. The number of Topliss-reactive ketones (excluding diaryl/α,β-unsaturated/α-hetero) is 1. The molecule has 8 heteroatoms. The van der Waals surface area contributed by atoms with Crippen LogP contribution in [0.5, 0.6) is 5.75 Å². The number of hydrogen-bond acceptors (Lipinski definition) is 4. The Bertz CT molecular complexity index is 1090. The van der Waals surface area contributed by atoms with E-state index in [1.54, 1.807) is 23.1 Å². The molecule has 1 saturated heterocycles. The fourth-order valence-corrected chi connectivity index (χ4v) is 3.96. The summed E-state index contributed by atoms with van der Waals surface area (Å²) in [6.45, 7) is 6.83. The van der Waals surface area contributed by atoms with Crippen LogP contribution >= 0.6 is 15.9 Å². The maximum atomic E-state index is 13.0. The van der Waals surface area contributed by atoms with Gasteiger partial charge in [0, 0.05) is 42.4 Å². The number of nitrogens with one attached hydrogen (secondary N) is 1. The molecular weight excluding hydrogens is 462 g/mol. The van der Waals surface area contributed by atoms with Gasteiger partial charge in [0.25, 0.3) is 17.6 Å². The number of carbonyl (C=O) groups is 3. The number of piperazine rings is 1. The Hall–Kier alpha value is -3.13. The highest BCUT2D eigenvalue weighted by Crippen LogP contribution is 2.34. The summed E-state index contributed by atoms with van der Waals surface area (Å²) in [5.41, 5.74) is 1.45. The van der Waals surface area contributed by atoms with Crippen molar-refractivity contribution in [3.63, 3.8) is 0 Å². The number of carbonyl (C=O) groups excluding carboxylic acids is 3. The first-order valence-corrected chi connectivity index (χ1v) is 10.6. The summed E-state index contributed by atoms with van der Waals surface area (Å²) in [7, 11) is 1.52. The van der Waals surface area contributed by atoms with Gasteiger partial charge in [-0.1, -0.05) is 24.8 Å². The van der Waals surface area contributed by atoms with Crippen LogP contribution in [-0.4, -0.2) is 65.7 Å². The number of allylic oxidation sites excluding steroid dienone is 3. The van der Waals surface area contributed by atoms with Crippen molar-refractivity contribution in [2.24, 2.45) is 0 Å². The van der Waals surface area contributed by atoms with Gasteiger partial charge in [0.2, 0.25) is 0 Å². The number of hydrogen-bond donors (Lipinski definition) is 1. The number of fused-ring (bicyclic) bond motifs is 1. The molecule has 1 N–H and O–H groups in total. The van der Waals surface area contributed by atoms with E-state index in [9.17, 15) is 14.4 Å². The van der Waals surface area contributed by atoms with Crippen molar-refractivity contribution in [3.05, 3.63) is 64.8 Å². The van der Waals surface area contributed by atoms with Crippen LogP contribution in [0.2, 0.25) is 0 Å². The lowest BCUT2D eigenvalue weighted by molar-refractivity contribution is -0.134. The number of aromatic amines is 1. The molecule has 1 aliphatic heterocycles. The zero-order valence-electron chi connectivity index (χ0n) is 17.5. The van der Waals surface area contributed by atoms with Gasteiger partial charge in [-0.05, 0) is 41.1 Å². The molecular formula is C23H24BrN3O4. The molecule has 1 aromatic heterocycles. The molecule has 2 heterocycles. The Morgan fingerprint density at radius 1 is 1.13 bits per heavy atom. The minimum Gasteiger partial charge on any atom is -0.496 e. The number of methoxy groups -OCH3 is 1. The Balaban J connectivity index is 1.74. The van der Waals surface area contributed by atoms with Crippen molar-refractivity contribution in [2.45, 2.75) is 6.92 Å². The van der Waals surface area contributed by atoms with Crippen molar-refractivity contribution in [1.29, 1.82) is 0 Å². The van der Waals surface area contributed by atoms with Crippen LogP contribution in [0.15, 0.2) is 59.3 Å². The number of rotatable bonds is 6. The zero-order chi connectivity index (χ0) is 22.5. The van der Waals surface area contributed by atoms with Crippen molar-refractivity contribution in [1.82, 2.24) is 14.8 Å². The van der Waals surface area contributed by atoms with E-state index in [0.717, 1.165) is 4.47 Å². The van der Waals surface area contributed by atoms with Crippen LogP contribution in [0.4, 0.5) is 0 Å². The minimum absolute atomic E-state index is 0.141. The fraction of sp³-hybridized carbons (Fsp3) is 0.261. The fourth-order valence-electron chi connectivity index (χ4n) is 3.51. The van der Waals surface area contributed by atoms with Crippen molar-refractivity contribution in [2.75, 3.05) is 33.3 Å². The van der Waals surface area contributed by atoms with E-state index in [1.807, 2.05) is 19.1 Å². The number of halogens is 1. The Morgan fingerprint density at radius 2 is 1.77 bits per heavy atom. The predicted octanol–water partition coefficient (Wildman–Crippen LogP) is 3.48. The van der Waals surface area contributed by atoms with E-state index in [4.69, 9.17) is 4.74 Å². The lowest BCUT2D eigenvalue weighted by Gasteiger charge is -2.34. The van der Waals surface area contributed by atoms with Crippen LogP contribution in [-0.2, 0) is 9.59 Å². The predicted molar refractivity (Wildman–Crippen MR) is 123 cm³/mol. The first-order valence-electron chi connectivity index (χ1n) is 9.84. The average molecular weight is 486 g/mol. The van der Waals surface area contributed by atoms with Gasteiger partial charge in [-0.2, -0.15) is 0 Å².